The molecule has 0 bridgehead atoms. The molecule has 1 spiro atoms. The number of amides is 5. The second-order valence-electron chi connectivity index (χ2n) is 23.4. The minimum Gasteiger partial charge on any atom is -0.371 e. The summed E-state index contributed by atoms with van der Waals surface area (Å²) in [6.45, 7) is 11.4. The summed E-state index contributed by atoms with van der Waals surface area (Å²) >= 11 is 0. The third-order valence-corrected chi connectivity index (χ3v) is 18.4. The number of hydrogen-bond acceptors (Lipinski definition) is 10. The van der Waals surface area contributed by atoms with Crippen molar-refractivity contribution in [2.45, 2.75) is 152 Å². The molecule has 8 aliphatic rings. The average Bonchev–Trinajstić information content (AvgIpc) is 4.05. The molecule has 2 aliphatic carbocycles. The Hall–Kier alpha value is -5.90. The van der Waals surface area contributed by atoms with E-state index in [2.05, 4.69) is 74.9 Å². The number of rotatable bonds is 10. The zero-order valence-electron chi connectivity index (χ0n) is 42.8. The van der Waals surface area contributed by atoms with Gasteiger partial charge in [-0.2, -0.15) is 0 Å². The van der Waals surface area contributed by atoms with Gasteiger partial charge in [-0.3, -0.25) is 34.2 Å². The molecule has 4 aromatic rings. The van der Waals surface area contributed by atoms with Gasteiger partial charge in [0.2, 0.25) is 29.5 Å². The Morgan fingerprint density at radius 3 is 2.23 bits per heavy atom. The summed E-state index contributed by atoms with van der Waals surface area (Å²) in [5, 5.41) is 6.13. The number of fused-ring (bicyclic) bond motifs is 3. The maximum absolute atomic E-state index is 15.3. The minimum atomic E-state index is -0.794. The molecule has 7 fully saturated rings. The molecule has 73 heavy (non-hydrogen) atoms. The lowest BCUT2D eigenvalue weighted by molar-refractivity contribution is -0.150. The molecular weight excluding hydrogens is 924 g/mol. The summed E-state index contributed by atoms with van der Waals surface area (Å²) in [5.41, 5.74) is 6.25. The van der Waals surface area contributed by atoms with E-state index in [1.165, 1.54) is 0 Å². The van der Waals surface area contributed by atoms with E-state index in [0.29, 0.717) is 83.7 Å². The van der Waals surface area contributed by atoms with Gasteiger partial charge >= 0.3 is 0 Å². The van der Waals surface area contributed by atoms with Gasteiger partial charge in [-0.15, -0.1) is 0 Å². The van der Waals surface area contributed by atoms with Crippen LogP contribution >= 0.6 is 0 Å². The largest absolute Gasteiger partial charge is 0.371 e. The van der Waals surface area contributed by atoms with Crippen molar-refractivity contribution in [1.29, 1.82) is 0 Å². The van der Waals surface area contributed by atoms with Gasteiger partial charge in [-0.1, -0.05) is 31.2 Å². The molecule has 15 nitrogen and oxygen atoms in total. The van der Waals surface area contributed by atoms with Crippen molar-refractivity contribution in [3.05, 3.63) is 66.0 Å². The lowest BCUT2D eigenvalue weighted by Crippen LogP contribution is -2.59. The summed E-state index contributed by atoms with van der Waals surface area (Å²) in [4.78, 5) is 88.6. The highest BCUT2D eigenvalue weighted by atomic mass is 19.1. The van der Waals surface area contributed by atoms with Crippen molar-refractivity contribution in [3.63, 3.8) is 0 Å². The van der Waals surface area contributed by atoms with Crippen LogP contribution in [0.5, 0.6) is 0 Å². The Balaban J connectivity index is 0.708. The molecule has 5 saturated heterocycles. The number of alkyl halides is 1. The summed E-state index contributed by atoms with van der Waals surface area (Å²) < 4.78 is 16.8. The number of anilines is 3. The molecule has 6 aliphatic heterocycles. The molecule has 0 radical (unpaired) electrons. The highest BCUT2D eigenvalue weighted by molar-refractivity contribution is 6.09. The van der Waals surface area contributed by atoms with Crippen LogP contribution in [-0.4, -0.2) is 135 Å². The monoisotopic (exact) mass is 995 g/mol. The minimum absolute atomic E-state index is 0.0139. The van der Waals surface area contributed by atoms with E-state index in [9.17, 15) is 23.6 Å². The van der Waals surface area contributed by atoms with E-state index in [1.807, 2.05) is 40.4 Å². The fourth-order valence-electron chi connectivity index (χ4n) is 13.5. The molecule has 12 rings (SSSR count). The van der Waals surface area contributed by atoms with Crippen LogP contribution in [0.2, 0.25) is 0 Å². The van der Waals surface area contributed by atoms with E-state index < -0.39 is 17.0 Å². The van der Waals surface area contributed by atoms with Crippen LogP contribution in [0.4, 0.5) is 21.6 Å². The van der Waals surface area contributed by atoms with Gasteiger partial charge < -0.3 is 29.5 Å². The quantitative estimate of drug-likeness (QED) is 0.153. The van der Waals surface area contributed by atoms with Crippen LogP contribution in [0.25, 0.3) is 22.3 Å². The number of benzene rings is 2. The molecule has 2 atom stereocenters. The molecular formula is C57H71FN10O5. The average molecular weight is 995 g/mol. The fraction of sp³-hybridized carbons (Fsp3) is 0.596. The fourth-order valence-corrected chi connectivity index (χ4v) is 13.5. The standard InChI is InChI=1S/C57H71FN10O5/c1-35(2)67-34-59-47-32-46(61-51(50(47)67)60-40-9-10-40)38-8-14-45-48(29-38)68(43-30-42(31-43)66-22-4-5-39(58)33-66)55(73)57(45)20-27-65(28-21-57)54(72)56(3)18-25-64(26-19-56)53(71)37-16-23-63(24-17-37)41-11-6-36(7-12-41)44-13-15-49(69)62-52(44)70/h6-8,11-12,14,29,32,34-35,37,39-40,42-44H,4-5,9-10,13,15-28,30-31,33H2,1-3H3,(H,60,61)(H,62,69,70)/t39-,42?,43?,44-/m1/s1. The number of aromatic nitrogens is 3. The van der Waals surface area contributed by atoms with E-state index in [4.69, 9.17) is 9.97 Å². The smallest absolute Gasteiger partial charge is 0.238 e. The molecule has 2 aromatic heterocycles. The van der Waals surface area contributed by atoms with Crippen molar-refractivity contribution in [1.82, 2.24) is 34.6 Å². The van der Waals surface area contributed by atoms with Crippen LogP contribution in [-0.2, 0) is 29.4 Å². The van der Waals surface area contributed by atoms with E-state index in [0.717, 1.165) is 115 Å². The van der Waals surface area contributed by atoms with Gasteiger partial charge in [0.1, 0.15) is 11.7 Å². The van der Waals surface area contributed by atoms with Crippen LogP contribution in [0, 0.1) is 11.3 Å². The third-order valence-electron chi connectivity index (χ3n) is 18.4. The molecule has 16 heteroatoms. The van der Waals surface area contributed by atoms with Gasteiger partial charge in [-0.25, -0.2) is 14.4 Å². The number of nitrogens with one attached hydrogen (secondary N) is 2. The number of carbonyl (C=O) groups is 5. The lowest BCUT2D eigenvalue weighted by atomic mass is 9.72. The summed E-state index contributed by atoms with van der Waals surface area (Å²) in [7, 11) is 0. The molecule has 8 heterocycles. The van der Waals surface area contributed by atoms with Gasteiger partial charge in [-0.05, 0) is 139 Å². The van der Waals surface area contributed by atoms with Crippen molar-refractivity contribution < 1.29 is 28.4 Å². The number of imidazole rings is 1. The lowest BCUT2D eigenvalue weighted by Gasteiger charge is -2.49. The Morgan fingerprint density at radius 2 is 1.55 bits per heavy atom. The molecule has 386 valence electrons. The maximum atomic E-state index is 15.3. The number of nitrogens with zero attached hydrogens (tertiary/aromatic N) is 8. The van der Waals surface area contributed by atoms with Gasteiger partial charge in [0.15, 0.2) is 5.82 Å². The zero-order chi connectivity index (χ0) is 50.3. The Kier molecular flexibility index (Phi) is 12.4. The molecule has 0 unspecified atom stereocenters. The first-order valence-corrected chi connectivity index (χ1v) is 27.5. The van der Waals surface area contributed by atoms with Gasteiger partial charge in [0.05, 0.1) is 28.9 Å². The van der Waals surface area contributed by atoms with Crippen molar-refractivity contribution in [2.24, 2.45) is 11.3 Å². The van der Waals surface area contributed by atoms with E-state index in [1.54, 1.807) is 0 Å². The number of pyridine rings is 1. The second kappa shape index (κ2) is 18.8. The SMILES string of the molecule is CC(C)n1cnc2cc(-c3ccc4c(c3)N(C3CC(N5CCC[C@@H](F)C5)C3)C(=O)C43CCN(C(=O)C4(C)CCN(C(=O)C5CCN(c6ccc([C@H]7CCC(=O)NC7=O)cc6)CC5)CC4)CC3)nc(NC3CC3)c21. The van der Waals surface area contributed by atoms with Crippen molar-refractivity contribution >= 4 is 57.8 Å². The molecule has 2 N–H and O–H groups in total. The number of likely N-dealkylation sites (tertiary alicyclic amines) is 3. The van der Waals surface area contributed by atoms with E-state index >= 15 is 4.79 Å². The number of hydrogen-bond donors (Lipinski definition) is 2. The topological polar surface area (TPSA) is 156 Å². The van der Waals surface area contributed by atoms with Crippen LogP contribution in [0.1, 0.15) is 134 Å². The number of piperidine rings is 5. The van der Waals surface area contributed by atoms with E-state index in [-0.39, 0.29) is 59.5 Å². The second-order valence-corrected chi connectivity index (χ2v) is 23.4. The van der Waals surface area contributed by atoms with Crippen molar-refractivity contribution in [3.8, 4) is 11.3 Å². The Bertz CT molecular complexity index is 2810. The Morgan fingerprint density at radius 1 is 0.822 bits per heavy atom. The predicted molar refractivity (Wildman–Crippen MR) is 278 cm³/mol. The predicted octanol–water partition coefficient (Wildman–Crippen LogP) is 7.49. The normalized spacial score (nSPS) is 26.6. The summed E-state index contributed by atoms with van der Waals surface area (Å²) in [5.74, 6) is 0.448. The molecule has 2 aromatic carbocycles. The van der Waals surface area contributed by atoms with Crippen LogP contribution in [0.3, 0.4) is 0 Å². The summed E-state index contributed by atoms with van der Waals surface area (Å²) in [6.07, 6.45) is 11.1. The third kappa shape index (κ3) is 8.76. The molecule has 5 amide bonds. The first-order chi connectivity index (χ1) is 35.2. The van der Waals surface area contributed by atoms with Crippen LogP contribution in [0.15, 0.2) is 54.9 Å². The van der Waals surface area contributed by atoms with Gasteiger partial charge in [0, 0.05) is 105 Å². The first-order valence-electron chi connectivity index (χ1n) is 27.5. The highest BCUT2D eigenvalue weighted by Crippen LogP contribution is 2.53. The zero-order valence-corrected chi connectivity index (χ0v) is 42.8. The van der Waals surface area contributed by atoms with Gasteiger partial charge in [0.25, 0.3) is 0 Å². The number of carbonyl (C=O) groups excluding carboxylic acids is 5. The Labute approximate surface area is 427 Å². The van der Waals surface area contributed by atoms with Crippen molar-refractivity contribution in [2.75, 3.05) is 67.5 Å². The first kappa shape index (κ1) is 48.1. The molecule has 2 saturated carbocycles. The summed E-state index contributed by atoms with van der Waals surface area (Å²) in [6, 6.07) is 17.5. The van der Waals surface area contributed by atoms with Crippen LogP contribution < -0.4 is 20.4 Å². The highest BCUT2D eigenvalue weighted by Gasteiger charge is 2.57. The number of halogens is 1. The maximum Gasteiger partial charge on any atom is 0.238 e. The number of imide groups is 1.